The molecule has 1 aliphatic rings. The van der Waals surface area contributed by atoms with Gasteiger partial charge in [-0.2, -0.15) is 0 Å². The highest BCUT2D eigenvalue weighted by atomic mass is 35.5. The number of rotatable bonds is 8. The van der Waals surface area contributed by atoms with Gasteiger partial charge in [0.05, 0.1) is 20.3 Å². The molecule has 1 N–H and O–H groups in total. The van der Waals surface area contributed by atoms with Gasteiger partial charge < -0.3 is 19.7 Å². The fraction of sp³-hybridized carbons (Fsp3) is 0.435. The molecule has 1 aliphatic heterocycles. The molecular weight excluding hydrogens is 418 g/mol. The van der Waals surface area contributed by atoms with E-state index in [0.717, 1.165) is 73.4 Å². The van der Waals surface area contributed by atoms with Crippen molar-refractivity contribution in [3.05, 3.63) is 58.6 Å². The Hall–Kier alpha value is -1.86. The Bertz CT molecular complexity index is 843. The third kappa shape index (κ3) is 6.84. The predicted octanol–water partition coefficient (Wildman–Crippen LogP) is 4.58. The van der Waals surface area contributed by atoms with Crippen LogP contribution in [0.4, 0.5) is 5.69 Å². The second-order valence-electron chi connectivity index (χ2n) is 7.47. The molecule has 0 aliphatic carbocycles. The average molecular weight is 448 g/mol. The van der Waals surface area contributed by atoms with Crippen molar-refractivity contribution in [2.75, 3.05) is 51.8 Å². The highest BCUT2D eigenvalue weighted by molar-refractivity contribution is 7.80. The minimum Gasteiger partial charge on any atom is -0.496 e. The number of halogens is 1. The topological polar surface area (TPSA) is 37.0 Å². The van der Waals surface area contributed by atoms with Crippen LogP contribution in [0.25, 0.3) is 0 Å². The molecule has 5 nitrogen and oxygen atoms in total. The summed E-state index contributed by atoms with van der Waals surface area (Å²) in [5.41, 5.74) is 3.15. The molecule has 30 heavy (non-hydrogen) atoms. The number of hydrogen-bond acceptors (Lipinski definition) is 4. The molecule has 1 saturated heterocycles. The molecule has 0 bridgehead atoms. The van der Waals surface area contributed by atoms with Crippen LogP contribution in [0.15, 0.2) is 42.5 Å². The summed E-state index contributed by atoms with van der Waals surface area (Å²) in [6.07, 6.45) is 1.03. The number of hydrogen-bond donors (Lipinski definition) is 1. The Kier molecular flexibility index (Phi) is 8.75. The van der Waals surface area contributed by atoms with Crippen LogP contribution in [0.1, 0.15) is 17.5 Å². The molecule has 1 heterocycles. The lowest BCUT2D eigenvalue weighted by atomic mass is 10.2. The third-order valence-electron chi connectivity index (χ3n) is 5.22. The van der Waals surface area contributed by atoms with Crippen molar-refractivity contribution in [1.29, 1.82) is 0 Å². The SMILES string of the molecule is COc1cc(NC(=S)N(CCCN2CCOCC2)Cc2cccc(Cl)c2)ccc1C. The van der Waals surface area contributed by atoms with Crippen molar-refractivity contribution in [3.8, 4) is 5.75 Å². The number of aryl methyl sites for hydroxylation is 1. The van der Waals surface area contributed by atoms with E-state index in [-0.39, 0.29) is 0 Å². The van der Waals surface area contributed by atoms with Gasteiger partial charge in [-0.1, -0.05) is 29.8 Å². The molecule has 0 spiro atoms. The first kappa shape index (κ1) is 22.8. The lowest BCUT2D eigenvalue weighted by Crippen LogP contribution is -2.40. The van der Waals surface area contributed by atoms with Gasteiger partial charge in [0.2, 0.25) is 0 Å². The number of nitrogens with one attached hydrogen (secondary N) is 1. The van der Waals surface area contributed by atoms with Gasteiger partial charge in [-0.25, -0.2) is 0 Å². The van der Waals surface area contributed by atoms with E-state index in [9.17, 15) is 0 Å². The first-order chi connectivity index (χ1) is 14.5. The highest BCUT2D eigenvalue weighted by Gasteiger charge is 2.14. The quantitative estimate of drug-likeness (QED) is 0.597. The fourth-order valence-corrected chi connectivity index (χ4v) is 4.00. The van der Waals surface area contributed by atoms with E-state index in [1.807, 2.05) is 43.3 Å². The van der Waals surface area contributed by atoms with Crippen LogP contribution in [0.3, 0.4) is 0 Å². The molecule has 1 fully saturated rings. The van der Waals surface area contributed by atoms with Gasteiger partial charge in [0.15, 0.2) is 5.11 Å². The molecule has 2 aromatic carbocycles. The van der Waals surface area contributed by atoms with Crippen LogP contribution >= 0.6 is 23.8 Å². The first-order valence-electron chi connectivity index (χ1n) is 10.3. The molecular formula is C23H30ClN3O2S. The largest absolute Gasteiger partial charge is 0.496 e. The molecule has 0 aromatic heterocycles. The maximum atomic E-state index is 6.19. The Labute approximate surface area is 189 Å². The minimum atomic E-state index is 0.697. The number of benzene rings is 2. The van der Waals surface area contributed by atoms with E-state index in [0.29, 0.717) is 11.7 Å². The average Bonchev–Trinajstić information content (AvgIpc) is 2.75. The van der Waals surface area contributed by atoms with Gasteiger partial charge in [-0.05, 0) is 54.9 Å². The Balaban J connectivity index is 1.66. The zero-order valence-electron chi connectivity index (χ0n) is 17.7. The smallest absolute Gasteiger partial charge is 0.173 e. The van der Waals surface area contributed by atoms with Crippen molar-refractivity contribution in [1.82, 2.24) is 9.80 Å². The Morgan fingerprint density at radius 2 is 2.03 bits per heavy atom. The molecule has 7 heteroatoms. The van der Waals surface area contributed by atoms with Gasteiger partial charge in [0.1, 0.15) is 5.75 Å². The summed E-state index contributed by atoms with van der Waals surface area (Å²) >= 11 is 12.0. The Morgan fingerprint density at radius 3 is 2.77 bits per heavy atom. The van der Waals surface area contributed by atoms with Gasteiger partial charge in [0.25, 0.3) is 0 Å². The van der Waals surface area contributed by atoms with E-state index >= 15 is 0 Å². The number of nitrogens with zero attached hydrogens (tertiary/aromatic N) is 2. The van der Waals surface area contributed by atoms with Crippen molar-refractivity contribution in [2.24, 2.45) is 0 Å². The summed E-state index contributed by atoms with van der Waals surface area (Å²) in [7, 11) is 1.68. The highest BCUT2D eigenvalue weighted by Crippen LogP contribution is 2.23. The number of anilines is 1. The molecule has 0 radical (unpaired) electrons. The van der Waals surface area contributed by atoms with Crippen molar-refractivity contribution in [3.63, 3.8) is 0 Å². The molecule has 0 saturated carbocycles. The summed E-state index contributed by atoms with van der Waals surface area (Å²) in [6, 6.07) is 14.0. The first-order valence-corrected chi connectivity index (χ1v) is 11.1. The van der Waals surface area contributed by atoms with E-state index < -0.39 is 0 Å². The monoisotopic (exact) mass is 447 g/mol. The molecule has 162 valence electrons. The molecule has 0 amide bonds. The van der Waals surface area contributed by atoms with Gasteiger partial charge in [0, 0.05) is 49.5 Å². The van der Waals surface area contributed by atoms with E-state index in [4.69, 9.17) is 33.3 Å². The van der Waals surface area contributed by atoms with Gasteiger partial charge >= 0.3 is 0 Å². The standard InChI is InChI=1S/C23H30ClN3O2S/c1-18-7-8-21(16-22(18)28-2)25-23(30)27(17-19-5-3-6-20(24)15-19)10-4-9-26-11-13-29-14-12-26/h3,5-8,15-16H,4,9-14,17H2,1-2H3,(H,25,30). The Morgan fingerprint density at radius 1 is 1.23 bits per heavy atom. The second-order valence-corrected chi connectivity index (χ2v) is 8.30. The lowest BCUT2D eigenvalue weighted by molar-refractivity contribution is 0.0368. The molecule has 0 atom stereocenters. The second kappa shape index (κ2) is 11.5. The van der Waals surface area contributed by atoms with Crippen LogP contribution in [0, 0.1) is 6.92 Å². The number of thiocarbonyl (C=S) groups is 1. The van der Waals surface area contributed by atoms with Gasteiger partial charge in [-0.3, -0.25) is 4.90 Å². The minimum absolute atomic E-state index is 0.697. The summed E-state index contributed by atoms with van der Waals surface area (Å²) in [5, 5.41) is 4.81. The summed E-state index contributed by atoms with van der Waals surface area (Å²) < 4.78 is 10.9. The lowest BCUT2D eigenvalue weighted by Gasteiger charge is -2.30. The fourth-order valence-electron chi connectivity index (χ4n) is 3.52. The van der Waals surface area contributed by atoms with Gasteiger partial charge in [-0.15, -0.1) is 0 Å². The van der Waals surface area contributed by atoms with Crippen LogP contribution in [-0.2, 0) is 11.3 Å². The summed E-state index contributed by atoms with van der Waals surface area (Å²) in [4.78, 5) is 4.65. The third-order valence-corrected chi connectivity index (χ3v) is 5.81. The number of methoxy groups -OCH3 is 1. The molecule has 2 aromatic rings. The predicted molar refractivity (Wildman–Crippen MR) is 128 cm³/mol. The number of ether oxygens (including phenoxy) is 2. The summed E-state index contributed by atoms with van der Waals surface area (Å²) in [6.45, 7) is 8.27. The maximum absolute atomic E-state index is 6.19. The normalized spacial score (nSPS) is 14.4. The zero-order chi connectivity index (χ0) is 21.3. The van der Waals surface area contributed by atoms with Crippen LogP contribution in [0.5, 0.6) is 5.75 Å². The van der Waals surface area contributed by atoms with Crippen molar-refractivity contribution >= 4 is 34.6 Å². The summed E-state index contributed by atoms with van der Waals surface area (Å²) in [5.74, 6) is 0.844. The van der Waals surface area contributed by atoms with Crippen molar-refractivity contribution < 1.29 is 9.47 Å². The van der Waals surface area contributed by atoms with Crippen LogP contribution in [-0.4, -0.2) is 61.4 Å². The van der Waals surface area contributed by atoms with E-state index in [1.54, 1.807) is 7.11 Å². The maximum Gasteiger partial charge on any atom is 0.173 e. The van der Waals surface area contributed by atoms with Crippen LogP contribution in [0.2, 0.25) is 5.02 Å². The zero-order valence-corrected chi connectivity index (χ0v) is 19.3. The van der Waals surface area contributed by atoms with E-state index in [1.165, 1.54) is 0 Å². The van der Waals surface area contributed by atoms with Crippen molar-refractivity contribution in [2.45, 2.75) is 19.9 Å². The number of morpholine rings is 1. The van der Waals surface area contributed by atoms with Crippen LogP contribution < -0.4 is 10.1 Å². The molecule has 3 rings (SSSR count). The van der Waals surface area contributed by atoms with E-state index in [2.05, 4.69) is 21.2 Å². The molecule has 0 unspecified atom stereocenters.